The average molecular weight is 218 g/mol. The van der Waals surface area contributed by atoms with Gasteiger partial charge in [0.25, 0.3) is 0 Å². The predicted molar refractivity (Wildman–Crippen MR) is 68.7 cm³/mol. The van der Waals surface area contributed by atoms with E-state index < -0.39 is 0 Å². The van der Waals surface area contributed by atoms with Crippen LogP contribution in [-0.4, -0.2) is 31.1 Å². The number of nitrogens with zero attached hydrogens (tertiary/aromatic N) is 1. The van der Waals surface area contributed by atoms with Gasteiger partial charge in [-0.3, -0.25) is 4.90 Å². The number of nitrogens with one attached hydrogen (secondary N) is 1. The summed E-state index contributed by atoms with van der Waals surface area (Å²) in [4.78, 5) is 2.60. The molecule has 1 aliphatic heterocycles. The minimum absolute atomic E-state index is 0.600. The lowest BCUT2D eigenvalue weighted by Gasteiger charge is -2.34. The average Bonchev–Trinajstić information content (AvgIpc) is 2.34. The second-order valence-electron chi connectivity index (χ2n) is 4.62. The Hall–Kier alpha value is -0.860. The van der Waals surface area contributed by atoms with E-state index >= 15 is 0 Å². The summed E-state index contributed by atoms with van der Waals surface area (Å²) in [5.74, 6) is 0. The van der Waals surface area contributed by atoms with Crippen LogP contribution in [0.15, 0.2) is 24.3 Å². The number of benzene rings is 1. The van der Waals surface area contributed by atoms with Gasteiger partial charge in [-0.25, -0.2) is 0 Å². The summed E-state index contributed by atoms with van der Waals surface area (Å²) in [6, 6.07) is 9.61. The Labute approximate surface area is 98.7 Å². The zero-order valence-corrected chi connectivity index (χ0v) is 10.4. The Morgan fingerprint density at radius 1 is 1.19 bits per heavy atom. The van der Waals surface area contributed by atoms with Crippen LogP contribution in [-0.2, 0) is 0 Å². The summed E-state index contributed by atoms with van der Waals surface area (Å²) in [6.07, 6.45) is 1.20. The van der Waals surface area contributed by atoms with E-state index in [1.807, 2.05) is 0 Å². The van der Waals surface area contributed by atoms with Crippen molar-refractivity contribution in [2.75, 3.05) is 26.2 Å². The van der Waals surface area contributed by atoms with Gasteiger partial charge < -0.3 is 5.32 Å². The molecule has 0 spiro atoms. The zero-order valence-electron chi connectivity index (χ0n) is 10.4. The van der Waals surface area contributed by atoms with Crippen molar-refractivity contribution in [3.05, 3.63) is 35.4 Å². The van der Waals surface area contributed by atoms with Gasteiger partial charge in [0, 0.05) is 32.2 Å². The molecule has 0 aromatic heterocycles. The van der Waals surface area contributed by atoms with Gasteiger partial charge >= 0.3 is 0 Å². The number of aryl methyl sites for hydroxylation is 1. The first kappa shape index (κ1) is 11.6. The summed E-state index contributed by atoms with van der Waals surface area (Å²) in [7, 11) is 0. The highest BCUT2D eigenvalue weighted by atomic mass is 15.2. The van der Waals surface area contributed by atoms with Crippen LogP contribution in [0.4, 0.5) is 0 Å². The molecule has 2 rings (SSSR count). The molecule has 1 N–H and O–H groups in total. The van der Waals surface area contributed by atoms with Gasteiger partial charge in [0.1, 0.15) is 0 Å². The van der Waals surface area contributed by atoms with E-state index in [1.54, 1.807) is 0 Å². The molecule has 88 valence electrons. The third kappa shape index (κ3) is 2.63. The molecule has 1 fully saturated rings. The van der Waals surface area contributed by atoms with Crippen molar-refractivity contribution < 1.29 is 0 Å². The summed E-state index contributed by atoms with van der Waals surface area (Å²) in [5.41, 5.74) is 2.81. The highest BCUT2D eigenvalue weighted by Crippen LogP contribution is 2.24. The molecule has 0 saturated carbocycles. The molecule has 1 aromatic carbocycles. The lowest BCUT2D eigenvalue weighted by atomic mass is 10.0. The van der Waals surface area contributed by atoms with E-state index in [1.165, 1.54) is 30.6 Å². The molecule has 16 heavy (non-hydrogen) atoms. The minimum Gasteiger partial charge on any atom is -0.314 e. The van der Waals surface area contributed by atoms with Gasteiger partial charge in [-0.1, -0.05) is 36.8 Å². The SMILES string of the molecule is CCC(c1ccc(C)cc1)N1CCNCC1. The summed E-state index contributed by atoms with van der Waals surface area (Å²) in [6.45, 7) is 9.03. The molecular formula is C14H22N2. The normalized spacial score (nSPS) is 19.6. The first-order chi connectivity index (χ1) is 7.81. The first-order valence-corrected chi connectivity index (χ1v) is 6.32. The Bertz CT molecular complexity index is 312. The van der Waals surface area contributed by atoms with Crippen LogP contribution >= 0.6 is 0 Å². The van der Waals surface area contributed by atoms with Crippen LogP contribution in [0.3, 0.4) is 0 Å². The molecule has 2 nitrogen and oxygen atoms in total. The molecule has 0 radical (unpaired) electrons. The van der Waals surface area contributed by atoms with Crippen LogP contribution in [0.25, 0.3) is 0 Å². The highest BCUT2D eigenvalue weighted by molar-refractivity contribution is 5.24. The maximum atomic E-state index is 3.41. The Morgan fingerprint density at radius 3 is 2.38 bits per heavy atom. The topological polar surface area (TPSA) is 15.3 Å². The van der Waals surface area contributed by atoms with Crippen LogP contribution in [0, 0.1) is 6.92 Å². The fraction of sp³-hybridized carbons (Fsp3) is 0.571. The van der Waals surface area contributed by atoms with Crippen molar-refractivity contribution in [3.63, 3.8) is 0 Å². The third-order valence-corrected chi connectivity index (χ3v) is 3.44. The monoisotopic (exact) mass is 218 g/mol. The van der Waals surface area contributed by atoms with Gasteiger partial charge in [0.05, 0.1) is 0 Å². The molecule has 0 amide bonds. The minimum atomic E-state index is 0.600. The maximum absolute atomic E-state index is 3.41. The molecule has 1 unspecified atom stereocenters. The fourth-order valence-electron chi connectivity index (χ4n) is 2.49. The molecular weight excluding hydrogens is 196 g/mol. The van der Waals surface area contributed by atoms with Crippen molar-refractivity contribution in [3.8, 4) is 0 Å². The quantitative estimate of drug-likeness (QED) is 0.838. The van der Waals surface area contributed by atoms with Gasteiger partial charge in [0.15, 0.2) is 0 Å². The Balaban J connectivity index is 2.11. The smallest absolute Gasteiger partial charge is 0.0346 e. The standard InChI is InChI=1S/C14H22N2/c1-3-14(16-10-8-15-9-11-16)13-6-4-12(2)5-7-13/h4-7,14-15H,3,8-11H2,1-2H3. The molecule has 0 aliphatic carbocycles. The molecule has 0 bridgehead atoms. The second-order valence-corrected chi connectivity index (χ2v) is 4.62. The molecule has 1 aromatic rings. The molecule has 1 aliphatic rings. The van der Waals surface area contributed by atoms with E-state index in [4.69, 9.17) is 0 Å². The highest BCUT2D eigenvalue weighted by Gasteiger charge is 2.19. The van der Waals surface area contributed by atoms with Crippen molar-refractivity contribution in [2.45, 2.75) is 26.3 Å². The number of rotatable bonds is 3. The largest absolute Gasteiger partial charge is 0.314 e. The van der Waals surface area contributed by atoms with E-state index in [2.05, 4.69) is 48.3 Å². The number of hydrogen-bond donors (Lipinski definition) is 1. The fourth-order valence-corrected chi connectivity index (χ4v) is 2.49. The summed E-state index contributed by atoms with van der Waals surface area (Å²) >= 11 is 0. The Kier molecular flexibility index (Phi) is 3.97. The van der Waals surface area contributed by atoms with Crippen molar-refractivity contribution in [2.24, 2.45) is 0 Å². The van der Waals surface area contributed by atoms with Gasteiger partial charge in [-0.15, -0.1) is 0 Å². The van der Waals surface area contributed by atoms with Crippen LogP contribution < -0.4 is 5.32 Å². The van der Waals surface area contributed by atoms with Crippen molar-refractivity contribution in [1.29, 1.82) is 0 Å². The predicted octanol–water partition coefficient (Wildman–Crippen LogP) is 2.35. The van der Waals surface area contributed by atoms with Crippen molar-refractivity contribution >= 4 is 0 Å². The summed E-state index contributed by atoms with van der Waals surface area (Å²) < 4.78 is 0. The zero-order chi connectivity index (χ0) is 11.4. The molecule has 1 saturated heterocycles. The van der Waals surface area contributed by atoms with Gasteiger partial charge in [-0.2, -0.15) is 0 Å². The lowest BCUT2D eigenvalue weighted by Crippen LogP contribution is -2.45. The van der Waals surface area contributed by atoms with Crippen LogP contribution in [0.5, 0.6) is 0 Å². The second kappa shape index (κ2) is 5.46. The number of piperazine rings is 1. The van der Waals surface area contributed by atoms with E-state index in [9.17, 15) is 0 Å². The maximum Gasteiger partial charge on any atom is 0.0346 e. The van der Waals surface area contributed by atoms with E-state index in [0.717, 1.165) is 13.1 Å². The van der Waals surface area contributed by atoms with Gasteiger partial charge in [0.2, 0.25) is 0 Å². The van der Waals surface area contributed by atoms with E-state index in [0.29, 0.717) is 6.04 Å². The Morgan fingerprint density at radius 2 is 1.81 bits per heavy atom. The summed E-state index contributed by atoms with van der Waals surface area (Å²) in [5, 5.41) is 3.41. The van der Waals surface area contributed by atoms with Gasteiger partial charge in [-0.05, 0) is 18.9 Å². The molecule has 1 heterocycles. The van der Waals surface area contributed by atoms with Crippen LogP contribution in [0.2, 0.25) is 0 Å². The molecule has 2 heteroatoms. The van der Waals surface area contributed by atoms with Crippen molar-refractivity contribution in [1.82, 2.24) is 10.2 Å². The number of hydrogen-bond acceptors (Lipinski definition) is 2. The van der Waals surface area contributed by atoms with Crippen LogP contribution in [0.1, 0.15) is 30.5 Å². The lowest BCUT2D eigenvalue weighted by molar-refractivity contribution is 0.169. The molecule has 1 atom stereocenters. The van der Waals surface area contributed by atoms with E-state index in [-0.39, 0.29) is 0 Å². The first-order valence-electron chi connectivity index (χ1n) is 6.32. The third-order valence-electron chi connectivity index (χ3n) is 3.44.